The summed E-state index contributed by atoms with van der Waals surface area (Å²) in [6, 6.07) is -8.79. The molecule has 0 aromatic carbocycles. The van der Waals surface area contributed by atoms with Gasteiger partial charge in [0.25, 0.3) is 10.0 Å². The molecule has 0 saturated heterocycles. The maximum Gasteiger partial charge on any atom is 0.460 e. The number of carboxylic acids is 1. The molecule has 0 aliphatic heterocycles. The molecule has 0 atom stereocenters. The van der Waals surface area contributed by atoms with E-state index in [-0.39, 0.29) is 0 Å². The fourth-order valence-corrected chi connectivity index (χ4v) is 3.66. The smallest absolute Gasteiger partial charge is 0.460 e. The third-order valence-corrected chi connectivity index (χ3v) is 6.48. The summed E-state index contributed by atoms with van der Waals surface area (Å²) in [6.07, 6.45) is -16.3. The molecular formula is C13H3F24NO4S. The molecule has 0 heterocycles. The van der Waals surface area contributed by atoms with Crippen molar-refractivity contribution in [1.82, 2.24) is 4.31 Å². The highest BCUT2D eigenvalue weighted by molar-refractivity contribution is 7.90. The van der Waals surface area contributed by atoms with Gasteiger partial charge >= 0.3 is 71.1 Å². The molecule has 258 valence electrons. The molecule has 0 rings (SSSR count). The van der Waals surface area contributed by atoms with E-state index in [9.17, 15) is 119 Å². The van der Waals surface area contributed by atoms with Crippen LogP contribution in [0, 0.1) is 0 Å². The van der Waals surface area contributed by atoms with Crippen molar-refractivity contribution in [1.29, 1.82) is 0 Å². The number of aliphatic carboxylic acids is 1. The molecule has 0 aliphatic carbocycles. The summed E-state index contributed by atoms with van der Waals surface area (Å²) in [5.41, 5.74) is 0. The molecule has 30 heteroatoms. The Kier molecular flexibility index (Phi) is 9.57. The lowest BCUT2D eigenvalue weighted by molar-refractivity contribution is -0.447. The molecule has 0 aromatic rings. The summed E-state index contributed by atoms with van der Waals surface area (Å²) >= 11 is 0. The predicted molar refractivity (Wildman–Crippen MR) is 79.9 cm³/mol. The normalized spacial score (nSPS) is 16.6. The third kappa shape index (κ3) is 5.25. The van der Waals surface area contributed by atoms with E-state index in [4.69, 9.17) is 5.11 Å². The van der Waals surface area contributed by atoms with E-state index < -0.39 is 92.0 Å². The topological polar surface area (TPSA) is 74.7 Å². The van der Waals surface area contributed by atoms with Gasteiger partial charge in [0.15, 0.2) is 0 Å². The van der Waals surface area contributed by atoms with Crippen LogP contribution < -0.4 is 0 Å². The van der Waals surface area contributed by atoms with Crippen molar-refractivity contribution in [3.05, 3.63) is 0 Å². The zero-order chi connectivity index (χ0) is 35.9. The minimum absolute atomic E-state index is 3.82. The summed E-state index contributed by atoms with van der Waals surface area (Å²) < 4.78 is 334. The van der Waals surface area contributed by atoms with Crippen LogP contribution in [-0.2, 0) is 14.8 Å². The Labute approximate surface area is 217 Å². The second-order valence-corrected chi connectivity index (χ2v) is 9.38. The minimum Gasteiger partial charge on any atom is -0.480 e. The zero-order valence-corrected chi connectivity index (χ0v) is 19.1. The van der Waals surface area contributed by atoms with Gasteiger partial charge < -0.3 is 5.11 Å². The van der Waals surface area contributed by atoms with Crippen molar-refractivity contribution in [2.75, 3.05) is 6.54 Å². The van der Waals surface area contributed by atoms with Crippen LogP contribution in [0.3, 0.4) is 0 Å². The van der Waals surface area contributed by atoms with Crippen LogP contribution >= 0.6 is 0 Å². The summed E-state index contributed by atoms with van der Waals surface area (Å²) in [7, 11) is -9.68. The zero-order valence-electron chi connectivity index (χ0n) is 18.3. The average Bonchev–Trinajstić information content (AvgIpc) is 2.74. The predicted octanol–water partition coefficient (Wildman–Crippen LogP) is 6.46. The molecule has 0 aromatic heterocycles. The lowest BCUT2D eigenvalue weighted by Gasteiger charge is -2.43. The molecule has 0 fully saturated rings. The van der Waals surface area contributed by atoms with Gasteiger partial charge in [-0.2, -0.15) is 105 Å². The number of rotatable bonds is 12. The van der Waals surface area contributed by atoms with Gasteiger partial charge in [0.1, 0.15) is 6.54 Å². The highest BCUT2D eigenvalue weighted by Gasteiger charge is 2.94. The number of nitrogens with zero attached hydrogens (tertiary/aromatic N) is 1. The SMILES string of the molecule is O=C(O)CN(C(F)(F)C(F)(F)C(F)(F)C(F)(F)C(F)(F)C(F)(F)F)S(=O)(=O)C(F)(F)C(F)(F)C(F)(F)C(F)(F)C(F)(F)F. The Bertz CT molecular complexity index is 1170. The molecule has 0 aliphatic rings. The number of carbonyl (C=O) groups is 1. The first-order valence-corrected chi connectivity index (χ1v) is 10.3. The van der Waals surface area contributed by atoms with E-state index in [0.717, 1.165) is 0 Å². The fraction of sp³-hybridized carbons (Fsp3) is 0.923. The van der Waals surface area contributed by atoms with E-state index in [1.807, 2.05) is 0 Å². The standard InChI is InChI=1S/C13H3F24NO4S/c14-3(15,6(20,21)10(28,29)30)4(16,17)8(24,25)12(34,35)38(1-2(39)40)43(41,42)13(36,37)9(26,27)5(18,19)7(22,23)11(31,32)33/h1H2,(H,39,40). The summed E-state index contributed by atoms with van der Waals surface area (Å²) in [5, 5.41) is -0.742. The van der Waals surface area contributed by atoms with Crippen molar-refractivity contribution < 1.29 is 124 Å². The Balaban J connectivity index is 7.69. The maximum atomic E-state index is 14.2. The molecule has 0 saturated carbocycles. The lowest BCUT2D eigenvalue weighted by Crippen LogP contribution is -2.75. The van der Waals surface area contributed by atoms with Crippen LogP contribution in [0.15, 0.2) is 0 Å². The number of hydrogen-bond donors (Lipinski definition) is 1. The fourth-order valence-electron chi connectivity index (χ4n) is 2.23. The van der Waals surface area contributed by atoms with E-state index in [1.54, 1.807) is 0 Å². The number of carboxylic acid groups (broad SMARTS) is 1. The van der Waals surface area contributed by atoms with Gasteiger partial charge in [0, 0.05) is 0 Å². The van der Waals surface area contributed by atoms with Crippen molar-refractivity contribution in [2.45, 2.75) is 65.1 Å². The first-order valence-electron chi connectivity index (χ1n) is 8.83. The first-order chi connectivity index (χ1) is 18.0. The van der Waals surface area contributed by atoms with E-state index >= 15 is 0 Å². The summed E-state index contributed by atoms with van der Waals surface area (Å²) in [4.78, 5) is 10.5. The summed E-state index contributed by atoms with van der Waals surface area (Å²) in [6.45, 7) is -4.28. The second kappa shape index (κ2) is 10.1. The molecule has 0 spiro atoms. The van der Waals surface area contributed by atoms with Gasteiger partial charge in [-0.3, -0.25) is 4.79 Å². The number of hydrogen-bond acceptors (Lipinski definition) is 3. The molecule has 0 radical (unpaired) electrons. The van der Waals surface area contributed by atoms with Gasteiger partial charge in [-0.25, -0.2) is 8.42 Å². The van der Waals surface area contributed by atoms with Gasteiger partial charge in [0.2, 0.25) is 0 Å². The Morgan fingerprint density at radius 1 is 0.465 bits per heavy atom. The molecular weight excluding hydrogens is 722 g/mol. The highest BCUT2D eigenvalue weighted by atomic mass is 32.2. The highest BCUT2D eigenvalue weighted by Crippen LogP contribution is 2.63. The third-order valence-electron chi connectivity index (χ3n) is 4.63. The molecule has 0 unspecified atom stereocenters. The number of halogens is 24. The first kappa shape index (κ1) is 40.7. The average molecular weight is 725 g/mol. The van der Waals surface area contributed by atoms with Crippen LogP contribution in [0.4, 0.5) is 105 Å². The van der Waals surface area contributed by atoms with Crippen LogP contribution in [0.5, 0.6) is 0 Å². The number of sulfonamides is 1. The van der Waals surface area contributed by atoms with Crippen LogP contribution in [0.25, 0.3) is 0 Å². The van der Waals surface area contributed by atoms with Crippen molar-refractivity contribution in [3.63, 3.8) is 0 Å². The van der Waals surface area contributed by atoms with Crippen molar-refractivity contribution in [3.8, 4) is 0 Å². The van der Waals surface area contributed by atoms with Gasteiger partial charge in [-0.05, 0) is 0 Å². The van der Waals surface area contributed by atoms with E-state index in [0.29, 0.717) is 0 Å². The van der Waals surface area contributed by atoms with Crippen LogP contribution in [-0.4, -0.2) is 95.5 Å². The largest absolute Gasteiger partial charge is 0.480 e. The monoisotopic (exact) mass is 725 g/mol. The molecule has 43 heavy (non-hydrogen) atoms. The minimum atomic E-state index is -9.68. The quantitative estimate of drug-likeness (QED) is 0.185. The molecule has 5 nitrogen and oxygen atoms in total. The maximum absolute atomic E-state index is 14.2. The van der Waals surface area contributed by atoms with Gasteiger partial charge in [-0.15, -0.1) is 4.31 Å². The van der Waals surface area contributed by atoms with Gasteiger partial charge in [0.05, 0.1) is 0 Å². The summed E-state index contributed by atoms with van der Waals surface area (Å²) in [5.74, 6) is -66.3. The molecule has 0 amide bonds. The van der Waals surface area contributed by atoms with Crippen molar-refractivity contribution in [2.24, 2.45) is 0 Å². The molecule has 0 bridgehead atoms. The van der Waals surface area contributed by atoms with E-state index in [2.05, 4.69) is 0 Å². The van der Waals surface area contributed by atoms with Crippen LogP contribution in [0.2, 0.25) is 0 Å². The second-order valence-electron chi connectivity index (χ2n) is 7.48. The Morgan fingerprint density at radius 3 is 0.977 bits per heavy atom. The Morgan fingerprint density at radius 2 is 0.721 bits per heavy atom. The molecule has 1 N–H and O–H groups in total. The van der Waals surface area contributed by atoms with E-state index in [1.165, 1.54) is 0 Å². The van der Waals surface area contributed by atoms with Crippen LogP contribution in [0.1, 0.15) is 0 Å². The van der Waals surface area contributed by atoms with Gasteiger partial charge in [-0.1, -0.05) is 0 Å². The Hall–Kier alpha value is -2.30. The van der Waals surface area contributed by atoms with Crippen molar-refractivity contribution >= 4 is 16.0 Å². The lowest BCUT2D eigenvalue weighted by atomic mass is 9.96. The number of alkyl halides is 24.